The van der Waals surface area contributed by atoms with E-state index in [-0.39, 0.29) is 12.1 Å². The average Bonchev–Trinajstić information content (AvgIpc) is 2.83. The summed E-state index contributed by atoms with van der Waals surface area (Å²) in [6, 6.07) is 5.57. The largest absolute Gasteiger partial charge is 0.335 e. The number of hydrogen-bond acceptors (Lipinski definition) is 4. The number of pyridine rings is 1. The van der Waals surface area contributed by atoms with E-state index in [2.05, 4.69) is 32.7 Å². The van der Waals surface area contributed by atoms with E-state index >= 15 is 0 Å². The van der Waals surface area contributed by atoms with Crippen LogP contribution in [0.1, 0.15) is 12.8 Å². The van der Waals surface area contributed by atoms with Gasteiger partial charge in [0.15, 0.2) is 5.65 Å². The van der Waals surface area contributed by atoms with Crippen molar-refractivity contribution in [2.24, 2.45) is 0 Å². The molecule has 0 aromatic carbocycles. The summed E-state index contributed by atoms with van der Waals surface area (Å²) in [5.41, 5.74) is 0.710. The van der Waals surface area contributed by atoms with Gasteiger partial charge in [-0.1, -0.05) is 6.07 Å². The Labute approximate surface area is 117 Å². The Morgan fingerprint density at radius 1 is 1.35 bits per heavy atom. The number of piperidine rings is 1. The van der Waals surface area contributed by atoms with E-state index in [9.17, 15) is 4.79 Å². The standard InChI is InChI=1S/C13H18N6O/c1-18-8-5-10(6-9-18)14-13(20)16-12-15-11-4-2-3-7-19(11)17-12/h2-4,7,10H,5-6,8-9H2,1H3,(H2,14,16,17,20). The van der Waals surface area contributed by atoms with E-state index in [1.165, 1.54) is 0 Å². The van der Waals surface area contributed by atoms with Gasteiger partial charge in [-0.3, -0.25) is 5.32 Å². The Kier molecular flexibility index (Phi) is 3.51. The Balaban J connectivity index is 1.58. The molecule has 1 aliphatic heterocycles. The molecular formula is C13H18N6O. The fraction of sp³-hybridized carbons (Fsp3) is 0.462. The van der Waals surface area contributed by atoms with Crippen LogP contribution in [0.3, 0.4) is 0 Å². The van der Waals surface area contributed by atoms with E-state index in [4.69, 9.17) is 0 Å². The summed E-state index contributed by atoms with van der Waals surface area (Å²) in [6.45, 7) is 2.02. The Hall–Kier alpha value is -2.15. The first-order chi connectivity index (χ1) is 9.70. The van der Waals surface area contributed by atoms with Crippen molar-refractivity contribution in [3.8, 4) is 0 Å². The number of nitrogens with one attached hydrogen (secondary N) is 2. The summed E-state index contributed by atoms with van der Waals surface area (Å²) in [7, 11) is 2.09. The van der Waals surface area contributed by atoms with Crippen molar-refractivity contribution in [1.82, 2.24) is 24.8 Å². The third-order valence-corrected chi connectivity index (χ3v) is 3.52. The lowest BCUT2D eigenvalue weighted by Crippen LogP contribution is -2.44. The van der Waals surface area contributed by atoms with Crippen molar-refractivity contribution in [2.45, 2.75) is 18.9 Å². The number of carbonyl (C=O) groups excluding carboxylic acids is 1. The van der Waals surface area contributed by atoms with Crippen LogP contribution in [0, 0.1) is 0 Å². The Morgan fingerprint density at radius 3 is 2.90 bits per heavy atom. The maximum Gasteiger partial charge on any atom is 0.321 e. The summed E-state index contributed by atoms with van der Waals surface area (Å²) < 4.78 is 1.63. The van der Waals surface area contributed by atoms with Crippen molar-refractivity contribution in [3.63, 3.8) is 0 Å². The van der Waals surface area contributed by atoms with Gasteiger partial charge in [0.25, 0.3) is 5.95 Å². The van der Waals surface area contributed by atoms with Crippen LogP contribution in [0.2, 0.25) is 0 Å². The second-order valence-corrected chi connectivity index (χ2v) is 5.11. The average molecular weight is 274 g/mol. The minimum atomic E-state index is -0.240. The molecule has 1 saturated heterocycles. The molecule has 0 aliphatic carbocycles. The van der Waals surface area contributed by atoms with Gasteiger partial charge in [-0.05, 0) is 45.1 Å². The molecular weight excluding hydrogens is 256 g/mol. The molecule has 3 heterocycles. The van der Waals surface area contributed by atoms with Crippen molar-refractivity contribution < 1.29 is 4.79 Å². The van der Waals surface area contributed by atoms with Crippen LogP contribution in [0.15, 0.2) is 24.4 Å². The molecule has 0 unspecified atom stereocenters. The molecule has 20 heavy (non-hydrogen) atoms. The van der Waals surface area contributed by atoms with E-state index in [1.807, 2.05) is 18.2 Å². The third kappa shape index (κ3) is 2.88. The van der Waals surface area contributed by atoms with E-state index in [0.29, 0.717) is 11.6 Å². The molecule has 106 valence electrons. The highest BCUT2D eigenvalue weighted by Gasteiger charge is 2.18. The molecule has 3 rings (SSSR count). The van der Waals surface area contributed by atoms with Gasteiger partial charge in [-0.15, -0.1) is 5.10 Å². The molecule has 0 saturated carbocycles. The van der Waals surface area contributed by atoms with Crippen molar-refractivity contribution in [1.29, 1.82) is 0 Å². The number of aromatic nitrogens is 3. The maximum absolute atomic E-state index is 11.9. The van der Waals surface area contributed by atoms with E-state index in [1.54, 1.807) is 10.7 Å². The van der Waals surface area contributed by atoms with Crippen LogP contribution in [0.4, 0.5) is 10.7 Å². The van der Waals surface area contributed by atoms with E-state index < -0.39 is 0 Å². The summed E-state index contributed by atoms with van der Waals surface area (Å²) in [5.74, 6) is 0.321. The van der Waals surface area contributed by atoms with Crippen LogP contribution in [-0.4, -0.2) is 51.7 Å². The number of amides is 2. The van der Waals surface area contributed by atoms with Crippen LogP contribution < -0.4 is 10.6 Å². The molecule has 2 aromatic heterocycles. The molecule has 1 aliphatic rings. The van der Waals surface area contributed by atoms with Crippen LogP contribution in [0.5, 0.6) is 0 Å². The molecule has 1 fully saturated rings. The first kappa shape index (κ1) is 12.9. The SMILES string of the molecule is CN1CCC(NC(=O)Nc2nc3ccccn3n2)CC1. The number of likely N-dealkylation sites (tertiary alicyclic amines) is 1. The monoisotopic (exact) mass is 274 g/mol. The molecule has 0 radical (unpaired) electrons. The van der Waals surface area contributed by atoms with Gasteiger partial charge in [0, 0.05) is 12.2 Å². The number of rotatable bonds is 2. The van der Waals surface area contributed by atoms with Gasteiger partial charge in [0.2, 0.25) is 0 Å². The molecule has 0 spiro atoms. The second-order valence-electron chi connectivity index (χ2n) is 5.11. The number of fused-ring (bicyclic) bond motifs is 1. The molecule has 7 nitrogen and oxygen atoms in total. The Bertz CT molecular complexity index is 569. The lowest BCUT2D eigenvalue weighted by Gasteiger charge is -2.29. The van der Waals surface area contributed by atoms with Crippen LogP contribution in [-0.2, 0) is 0 Å². The van der Waals surface area contributed by atoms with E-state index in [0.717, 1.165) is 25.9 Å². The van der Waals surface area contributed by atoms with Crippen LogP contribution in [0.25, 0.3) is 5.65 Å². The summed E-state index contributed by atoms with van der Waals surface area (Å²) in [6.07, 6.45) is 3.74. The molecule has 2 N–H and O–H groups in total. The van der Waals surface area contributed by atoms with Gasteiger partial charge < -0.3 is 10.2 Å². The minimum Gasteiger partial charge on any atom is -0.335 e. The van der Waals surface area contributed by atoms with Gasteiger partial charge in [0.1, 0.15) is 0 Å². The lowest BCUT2D eigenvalue weighted by atomic mass is 10.1. The maximum atomic E-state index is 11.9. The highest BCUT2D eigenvalue weighted by molar-refractivity contribution is 5.87. The highest BCUT2D eigenvalue weighted by Crippen LogP contribution is 2.09. The highest BCUT2D eigenvalue weighted by atomic mass is 16.2. The fourth-order valence-electron chi connectivity index (χ4n) is 2.36. The Morgan fingerprint density at radius 2 is 2.15 bits per heavy atom. The zero-order valence-corrected chi connectivity index (χ0v) is 11.4. The first-order valence-electron chi connectivity index (χ1n) is 6.78. The molecule has 0 atom stereocenters. The third-order valence-electron chi connectivity index (χ3n) is 3.52. The topological polar surface area (TPSA) is 74.6 Å². The van der Waals surface area contributed by atoms with Crippen molar-refractivity contribution in [2.75, 3.05) is 25.5 Å². The first-order valence-corrected chi connectivity index (χ1v) is 6.78. The zero-order valence-electron chi connectivity index (χ0n) is 11.4. The number of anilines is 1. The zero-order chi connectivity index (χ0) is 13.9. The summed E-state index contributed by atoms with van der Waals surface area (Å²) >= 11 is 0. The van der Waals surface area contributed by atoms with Crippen molar-refractivity contribution >= 4 is 17.6 Å². The number of nitrogens with zero attached hydrogens (tertiary/aromatic N) is 4. The van der Waals surface area contributed by atoms with Crippen LogP contribution >= 0.6 is 0 Å². The van der Waals surface area contributed by atoms with Gasteiger partial charge >= 0.3 is 6.03 Å². The number of hydrogen-bond donors (Lipinski definition) is 2. The van der Waals surface area contributed by atoms with Gasteiger partial charge in [0.05, 0.1) is 0 Å². The fourth-order valence-corrected chi connectivity index (χ4v) is 2.36. The smallest absolute Gasteiger partial charge is 0.321 e. The van der Waals surface area contributed by atoms with Crippen molar-refractivity contribution in [3.05, 3.63) is 24.4 Å². The molecule has 2 aromatic rings. The number of carbonyl (C=O) groups is 1. The molecule has 2 amide bonds. The summed E-state index contributed by atoms with van der Waals surface area (Å²) in [5, 5.41) is 9.83. The second kappa shape index (κ2) is 5.46. The van der Waals surface area contributed by atoms with Gasteiger partial charge in [-0.25, -0.2) is 9.31 Å². The number of urea groups is 1. The minimum absolute atomic E-state index is 0.225. The molecule has 7 heteroatoms. The normalized spacial score (nSPS) is 17.2. The van der Waals surface area contributed by atoms with Gasteiger partial charge in [-0.2, -0.15) is 4.98 Å². The molecule has 0 bridgehead atoms. The summed E-state index contributed by atoms with van der Waals surface area (Å²) in [4.78, 5) is 18.4. The lowest BCUT2D eigenvalue weighted by molar-refractivity contribution is 0.221. The predicted molar refractivity (Wildman–Crippen MR) is 75.7 cm³/mol. The predicted octanol–water partition coefficient (Wildman–Crippen LogP) is 0.945. The quantitative estimate of drug-likeness (QED) is 0.855.